The molecule has 0 saturated carbocycles. The lowest BCUT2D eigenvalue weighted by atomic mass is 9.86. The molecule has 0 aliphatic heterocycles. The monoisotopic (exact) mass is 457 g/mol. The number of primary amides is 1. The number of nitrogens with two attached hydrogens (primary N) is 1. The number of rotatable bonds is 7. The van der Waals surface area contributed by atoms with E-state index in [9.17, 15) is 23.2 Å². The van der Waals surface area contributed by atoms with Gasteiger partial charge in [0, 0.05) is 5.39 Å². The average molecular weight is 457 g/mol. The summed E-state index contributed by atoms with van der Waals surface area (Å²) in [5.41, 5.74) is 5.53. The molecule has 0 unspecified atom stereocenters. The topological polar surface area (TPSA) is 119 Å². The van der Waals surface area contributed by atoms with Gasteiger partial charge in [0.15, 0.2) is 5.69 Å². The van der Waals surface area contributed by atoms with E-state index in [4.69, 9.17) is 5.73 Å². The molecule has 3 rings (SSSR count). The van der Waals surface area contributed by atoms with Crippen molar-refractivity contribution >= 4 is 28.6 Å². The molecular weight excluding hydrogens is 432 g/mol. The maximum Gasteiger partial charge on any atom is 0.273 e. The van der Waals surface area contributed by atoms with E-state index in [0.29, 0.717) is 5.52 Å². The fourth-order valence-corrected chi connectivity index (χ4v) is 3.35. The molecule has 2 aromatic carbocycles. The number of amides is 3. The normalized spacial score (nSPS) is 12.4. The van der Waals surface area contributed by atoms with Gasteiger partial charge in [-0.2, -0.15) is 5.10 Å². The molecule has 1 aromatic heterocycles. The Kier molecular flexibility index (Phi) is 6.75. The first-order chi connectivity index (χ1) is 15.5. The van der Waals surface area contributed by atoms with E-state index in [1.165, 1.54) is 35.0 Å². The first kappa shape index (κ1) is 23.8. The molecule has 0 spiro atoms. The quantitative estimate of drug-likeness (QED) is 0.503. The van der Waals surface area contributed by atoms with Crippen molar-refractivity contribution in [1.29, 1.82) is 0 Å². The Balaban J connectivity index is 1.95. The van der Waals surface area contributed by atoms with Crippen LogP contribution in [0.2, 0.25) is 0 Å². The minimum Gasteiger partial charge on any atom is -0.368 e. The second kappa shape index (κ2) is 9.35. The molecule has 0 aliphatic rings. The van der Waals surface area contributed by atoms with Crippen LogP contribution in [-0.4, -0.2) is 40.1 Å². The van der Waals surface area contributed by atoms with E-state index in [1.807, 2.05) is 0 Å². The highest BCUT2D eigenvalue weighted by atomic mass is 19.1. The van der Waals surface area contributed by atoms with E-state index in [2.05, 4.69) is 15.7 Å². The molecule has 174 valence electrons. The lowest BCUT2D eigenvalue weighted by molar-refractivity contribution is -0.128. The van der Waals surface area contributed by atoms with E-state index < -0.39 is 35.0 Å². The van der Waals surface area contributed by atoms with Gasteiger partial charge in [0.1, 0.15) is 17.7 Å². The van der Waals surface area contributed by atoms with Gasteiger partial charge in [0.25, 0.3) is 5.91 Å². The number of fused-ring (bicyclic) bond motifs is 1. The summed E-state index contributed by atoms with van der Waals surface area (Å²) >= 11 is 0. The Bertz CT molecular complexity index is 1200. The zero-order chi connectivity index (χ0) is 24.3. The van der Waals surface area contributed by atoms with Crippen molar-refractivity contribution in [2.24, 2.45) is 11.1 Å². The van der Waals surface area contributed by atoms with Crippen LogP contribution in [0.4, 0.5) is 8.78 Å². The second-order valence-corrected chi connectivity index (χ2v) is 8.75. The van der Waals surface area contributed by atoms with Gasteiger partial charge in [-0.1, -0.05) is 32.9 Å². The van der Waals surface area contributed by atoms with Gasteiger partial charge >= 0.3 is 0 Å². The predicted octanol–water partition coefficient (Wildman–Crippen LogP) is 2.11. The largest absolute Gasteiger partial charge is 0.368 e. The molecule has 33 heavy (non-hydrogen) atoms. The zero-order valence-electron chi connectivity index (χ0n) is 18.5. The molecule has 8 nitrogen and oxygen atoms in total. The van der Waals surface area contributed by atoms with Gasteiger partial charge in [-0.05, 0) is 41.3 Å². The van der Waals surface area contributed by atoms with Gasteiger partial charge < -0.3 is 16.4 Å². The van der Waals surface area contributed by atoms with Crippen molar-refractivity contribution in [2.75, 3.05) is 6.54 Å². The molecule has 0 saturated heterocycles. The van der Waals surface area contributed by atoms with Crippen molar-refractivity contribution in [3.05, 3.63) is 65.4 Å². The average Bonchev–Trinajstić information content (AvgIpc) is 3.08. The molecule has 0 radical (unpaired) electrons. The lowest BCUT2D eigenvalue weighted by Crippen LogP contribution is -2.54. The summed E-state index contributed by atoms with van der Waals surface area (Å²) in [4.78, 5) is 36.8. The van der Waals surface area contributed by atoms with E-state index >= 15 is 0 Å². The standard InChI is InChI=1S/C23H25F2N5O3/c1-23(2,3)20(22(33)27-11-18(26)31)28-21(32)19-16-10-15(25)8-9-17(16)30(29-19)12-13-4-6-14(24)7-5-13/h4-10,20H,11-12H2,1-3H3,(H2,26,31)(H,27,33)(H,28,32)/t20-/m1/s1. The van der Waals surface area contributed by atoms with Crippen LogP contribution in [0.15, 0.2) is 42.5 Å². The number of benzene rings is 2. The summed E-state index contributed by atoms with van der Waals surface area (Å²) in [5, 5.41) is 9.65. The fraction of sp³-hybridized carbons (Fsp3) is 0.304. The van der Waals surface area contributed by atoms with Crippen LogP contribution in [0.1, 0.15) is 36.8 Å². The fourth-order valence-electron chi connectivity index (χ4n) is 3.35. The van der Waals surface area contributed by atoms with Crippen molar-refractivity contribution in [2.45, 2.75) is 33.4 Å². The number of nitrogens with zero attached hydrogens (tertiary/aromatic N) is 2. The van der Waals surface area contributed by atoms with Crippen molar-refractivity contribution in [3.63, 3.8) is 0 Å². The highest BCUT2D eigenvalue weighted by Crippen LogP contribution is 2.24. The second-order valence-electron chi connectivity index (χ2n) is 8.75. The summed E-state index contributed by atoms with van der Waals surface area (Å²) in [6.45, 7) is 5.07. The van der Waals surface area contributed by atoms with Crippen molar-refractivity contribution in [1.82, 2.24) is 20.4 Å². The Morgan fingerprint density at radius 3 is 2.30 bits per heavy atom. The van der Waals surface area contributed by atoms with Crippen molar-refractivity contribution < 1.29 is 23.2 Å². The minimum atomic E-state index is -1.02. The number of carbonyl (C=O) groups excluding carboxylic acids is 3. The molecule has 3 amide bonds. The molecule has 3 aromatic rings. The lowest BCUT2D eigenvalue weighted by Gasteiger charge is -2.30. The molecule has 1 heterocycles. The summed E-state index contributed by atoms with van der Waals surface area (Å²) in [7, 11) is 0. The number of halogens is 2. The molecule has 0 bridgehead atoms. The molecule has 4 N–H and O–H groups in total. The smallest absolute Gasteiger partial charge is 0.273 e. The summed E-state index contributed by atoms with van der Waals surface area (Å²) in [6, 6.07) is 8.73. The van der Waals surface area contributed by atoms with Gasteiger partial charge in [-0.3, -0.25) is 19.1 Å². The van der Waals surface area contributed by atoms with E-state index in [0.717, 1.165) is 5.56 Å². The highest BCUT2D eigenvalue weighted by Gasteiger charge is 2.34. The third-order valence-electron chi connectivity index (χ3n) is 5.01. The van der Waals surface area contributed by atoms with Crippen LogP contribution in [-0.2, 0) is 16.1 Å². The van der Waals surface area contributed by atoms with Gasteiger partial charge in [-0.25, -0.2) is 8.78 Å². The summed E-state index contributed by atoms with van der Waals surface area (Å²) in [6.07, 6.45) is 0. The first-order valence-electron chi connectivity index (χ1n) is 10.2. The molecule has 0 fully saturated rings. The Morgan fingerprint density at radius 1 is 1.06 bits per heavy atom. The number of carbonyl (C=O) groups is 3. The third kappa shape index (κ3) is 5.71. The van der Waals surface area contributed by atoms with Crippen LogP contribution < -0.4 is 16.4 Å². The van der Waals surface area contributed by atoms with Crippen LogP contribution in [0, 0.1) is 17.0 Å². The number of nitrogens with one attached hydrogen (secondary N) is 2. The molecule has 0 aliphatic carbocycles. The summed E-state index contributed by atoms with van der Waals surface area (Å²) in [5.74, 6) is -2.92. The number of aromatic nitrogens is 2. The number of hydrogen-bond acceptors (Lipinski definition) is 4. The summed E-state index contributed by atoms with van der Waals surface area (Å²) < 4.78 is 28.7. The maximum absolute atomic E-state index is 14.0. The molecule has 10 heteroatoms. The van der Waals surface area contributed by atoms with Gasteiger partial charge in [0.2, 0.25) is 11.8 Å². The first-order valence-corrected chi connectivity index (χ1v) is 10.2. The Hall–Kier alpha value is -3.82. The predicted molar refractivity (Wildman–Crippen MR) is 118 cm³/mol. The van der Waals surface area contributed by atoms with E-state index in [-0.39, 0.29) is 30.0 Å². The molecular formula is C23H25F2N5O3. The van der Waals surface area contributed by atoms with E-state index in [1.54, 1.807) is 32.9 Å². The Labute approximate surface area is 189 Å². The third-order valence-corrected chi connectivity index (χ3v) is 5.01. The van der Waals surface area contributed by atoms with Gasteiger partial charge in [0.05, 0.1) is 18.6 Å². The number of hydrogen-bond donors (Lipinski definition) is 3. The SMILES string of the molecule is CC(C)(C)[C@H](NC(=O)c1nn(Cc2ccc(F)cc2)c2ccc(F)cc12)C(=O)NCC(N)=O. The van der Waals surface area contributed by atoms with Crippen LogP contribution in [0.3, 0.4) is 0 Å². The van der Waals surface area contributed by atoms with Crippen LogP contribution in [0.5, 0.6) is 0 Å². The maximum atomic E-state index is 14.0. The Morgan fingerprint density at radius 2 is 1.70 bits per heavy atom. The minimum absolute atomic E-state index is 0.0661. The zero-order valence-corrected chi connectivity index (χ0v) is 18.5. The molecule has 1 atom stereocenters. The highest BCUT2D eigenvalue weighted by molar-refractivity contribution is 6.06. The van der Waals surface area contributed by atoms with Crippen LogP contribution >= 0.6 is 0 Å². The van der Waals surface area contributed by atoms with Crippen LogP contribution in [0.25, 0.3) is 10.9 Å². The van der Waals surface area contributed by atoms with Crippen molar-refractivity contribution in [3.8, 4) is 0 Å². The van der Waals surface area contributed by atoms with Gasteiger partial charge in [-0.15, -0.1) is 0 Å².